The first-order valence-corrected chi connectivity index (χ1v) is 49.8. The molecule has 4 N–H and O–H groups in total. The molecule has 11 aromatic rings. The number of carbonyl (C=O) groups excluding carboxylic acids is 8. The highest BCUT2D eigenvalue weighted by Gasteiger charge is 2.45. The van der Waals surface area contributed by atoms with Crippen molar-refractivity contribution in [2.24, 2.45) is 52.3 Å². The molecule has 135 heavy (non-hydrogen) atoms. The molecule has 7 aliphatic rings. The highest BCUT2D eigenvalue weighted by Crippen LogP contribution is 2.53. The van der Waals surface area contributed by atoms with Crippen molar-refractivity contribution in [1.82, 2.24) is 48.5 Å². The topological polar surface area (TPSA) is 300 Å². The van der Waals surface area contributed by atoms with Crippen LogP contribution in [0.3, 0.4) is 0 Å². The smallest absolute Gasteiger partial charge is 0.228 e. The van der Waals surface area contributed by atoms with Gasteiger partial charge in [0.15, 0.2) is 5.82 Å². The number of amides is 5. The van der Waals surface area contributed by atoms with Crippen LogP contribution in [0.5, 0.6) is 0 Å². The molecule has 5 fully saturated rings. The molecule has 1 unspecified atom stereocenters. The summed E-state index contributed by atoms with van der Waals surface area (Å²) in [7, 11) is 3.52. The molecular formula is C106H122Cl3F2N15O8S. The van der Waals surface area contributed by atoms with Gasteiger partial charge in [0.05, 0.1) is 37.9 Å². The van der Waals surface area contributed by atoms with Crippen LogP contribution in [0.1, 0.15) is 262 Å². The number of aromatic nitrogens is 9. The largest absolute Gasteiger partial charge is 0.349 e. The number of benzene rings is 4. The molecule has 0 radical (unpaired) electrons. The highest BCUT2D eigenvalue weighted by molar-refractivity contribution is 7.07. The van der Waals surface area contributed by atoms with Gasteiger partial charge in [0, 0.05) is 156 Å². The number of pyridine rings is 4. The molecule has 5 aliphatic carbocycles. The van der Waals surface area contributed by atoms with Crippen LogP contribution in [-0.4, -0.2) is 115 Å². The Balaban J connectivity index is 0.000000137. The number of fused-ring (bicyclic) bond motifs is 7. The SMILES string of the molecule is CC(=O)C[C@@H]1CCC[C@H](C(=O)Nc2cc(-c3cc(F)c4c(c3)C3(CCCC3)C(C)=N4)c(Cl)cn2)C1.CC(=O)C[C@@H]1CCC[C@H](C(=O)Nc2cc(-c3ccc4nn5c(c4c3)C(C)CC5)c(Cl)cn2)C1.CC(=O)C[C@@H]1CCC[C@H](C(=O)Nc2cc(-c3ccc4nsc(C(C)C)c4c3)c(Cl)cn2)C1.Cc1cnc(NC(=O)[C@H]2CCC[C@@H](CC(=O)N(C)C)C2)cc1-c1cc(F)c2ncn(C(C)C)c2c1. The molecule has 5 amide bonds. The number of imidazole rings is 1. The Morgan fingerprint density at radius 2 is 0.941 bits per heavy atom. The van der Waals surface area contributed by atoms with Gasteiger partial charge in [-0.25, -0.2) is 33.7 Å². The summed E-state index contributed by atoms with van der Waals surface area (Å²) >= 11 is 21.1. The molecule has 2 aliphatic heterocycles. The lowest BCUT2D eigenvalue weighted by molar-refractivity contribution is -0.131. The Morgan fingerprint density at radius 1 is 0.504 bits per heavy atom. The fourth-order valence-electron chi connectivity index (χ4n) is 21.5. The van der Waals surface area contributed by atoms with Crippen molar-refractivity contribution in [2.45, 2.75) is 260 Å². The molecule has 1 spiro atoms. The van der Waals surface area contributed by atoms with Crippen molar-refractivity contribution in [3.8, 4) is 44.5 Å². The van der Waals surface area contributed by atoms with Gasteiger partial charge in [-0.05, 0) is 298 Å². The zero-order valence-electron chi connectivity index (χ0n) is 79.2. The molecule has 4 aromatic carbocycles. The fraction of sp³-hybridized carbons (Fsp3) is 0.472. The summed E-state index contributed by atoms with van der Waals surface area (Å²) in [5.74, 6) is 3.03. The maximum atomic E-state index is 15.2. The van der Waals surface area contributed by atoms with Crippen LogP contribution in [0.15, 0.2) is 121 Å². The van der Waals surface area contributed by atoms with Crippen molar-refractivity contribution < 1.29 is 47.1 Å². The summed E-state index contributed by atoms with van der Waals surface area (Å²) < 4.78 is 38.7. The summed E-state index contributed by atoms with van der Waals surface area (Å²) in [5, 5.41) is 20.4. The molecule has 5 saturated carbocycles. The first-order valence-electron chi connectivity index (χ1n) is 47.9. The molecule has 9 heterocycles. The second kappa shape index (κ2) is 43.2. The summed E-state index contributed by atoms with van der Waals surface area (Å²) in [5.41, 5.74) is 13.9. The van der Waals surface area contributed by atoms with Gasteiger partial charge >= 0.3 is 0 Å². The number of Topliss-reactive ketones (excluding diaryl/α,β-unsaturated/α-hetero) is 3. The van der Waals surface area contributed by atoms with Gasteiger partial charge < -0.3 is 45.1 Å². The average Bonchev–Trinajstić information content (AvgIpc) is 1.57. The first kappa shape index (κ1) is 98.6. The van der Waals surface area contributed by atoms with Crippen molar-refractivity contribution in [2.75, 3.05) is 35.4 Å². The average molecular weight is 1910 g/mol. The number of ketones is 3. The Bertz CT molecular complexity index is 6380. The lowest BCUT2D eigenvalue weighted by Crippen LogP contribution is -2.31. The minimum absolute atomic E-state index is 0.0252. The maximum Gasteiger partial charge on any atom is 0.228 e. The van der Waals surface area contributed by atoms with E-state index in [9.17, 15) is 42.7 Å². The van der Waals surface area contributed by atoms with Crippen LogP contribution < -0.4 is 21.3 Å². The number of anilines is 4. The zero-order chi connectivity index (χ0) is 96.0. The van der Waals surface area contributed by atoms with E-state index in [0.29, 0.717) is 128 Å². The van der Waals surface area contributed by atoms with Gasteiger partial charge in [0.25, 0.3) is 0 Å². The van der Waals surface area contributed by atoms with Gasteiger partial charge in [0.2, 0.25) is 29.5 Å². The Kier molecular flexibility index (Phi) is 31.5. The summed E-state index contributed by atoms with van der Waals surface area (Å²) in [6, 6.07) is 26.6. The summed E-state index contributed by atoms with van der Waals surface area (Å²) in [4.78, 5) is 128. The number of aryl methyl sites for hydroxylation is 2. The molecule has 0 saturated heterocycles. The molecule has 9 atom stereocenters. The Morgan fingerprint density at radius 3 is 1.41 bits per heavy atom. The monoisotopic (exact) mass is 1910 g/mol. The van der Waals surface area contributed by atoms with Gasteiger partial charge in [-0.2, -0.15) is 9.47 Å². The number of hydrogen-bond acceptors (Lipinski definition) is 17. The number of carbonyl (C=O) groups is 8. The lowest BCUT2D eigenvalue weighted by Gasteiger charge is -2.28. The van der Waals surface area contributed by atoms with E-state index < -0.39 is 0 Å². The van der Waals surface area contributed by atoms with E-state index in [1.807, 2.05) is 80.8 Å². The van der Waals surface area contributed by atoms with Gasteiger partial charge in [-0.1, -0.05) is 106 Å². The van der Waals surface area contributed by atoms with E-state index in [1.165, 1.54) is 40.4 Å². The summed E-state index contributed by atoms with van der Waals surface area (Å²) in [6.45, 7) is 20.4. The van der Waals surface area contributed by atoms with Crippen LogP contribution in [0.2, 0.25) is 15.1 Å². The molecule has 29 heteroatoms. The normalized spacial score (nSPS) is 20.5. The molecule has 23 nitrogen and oxygen atoms in total. The van der Waals surface area contributed by atoms with Gasteiger partial charge in [-0.15, -0.1) is 0 Å². The maximum absolute atomic E-state index is 15.2. The number of nitrogens with one attached hydrogen (secondary N) is 4. The lowest BCUT2D eigenvalue weighted by atomic mass is 9.76. The predicted molar refractivity (Wildman–Crippen MR) is 534 cm³/mol. The minimum Gasteiger partial charge on any atom is -0.349 e. The molecule has 710 valence electrons. The minimum atomic E-state index is -0.376. The molecule has 0 bridgehead atoms. The van der Waals surface area contributed by atoms with Crippen LogP contribution in [0.4, 0.5) is 37.7 Å². The third kappa shape index (κ3) is 23.2. The fourth-order valence-corrected chi connectivity index (χ4v) is 23.0. The third-order valence-corrected chi connectivity index (χ3v) is 30.5. The number of nitrogens with zero attached hydrogens (tertiary/aromatic N) is 11. The predicted octanol–water partition coefficient (Wildman–Crippen LogP) is 25.4. The second-order valence-corrected chi connectivity index (χ2v) is 41.5. The van der Waals surface area contributed by atoms with Crippen LogP contribution in [0, 0.1) is 65.9 Å². The van der Waals surface area contributed by atoms with Gasteiger partial charge in [0.1, 0.15) is 57.6 Å². The van der Waals surface area contributed by atoms with Crippen molar-refractivity contribution in [1.29, 1.82) is 0 Å². The molecule has 7 aromatic heterocycles. The van der Waals surface area contributed by atoms with Gasteiger partial charge in [-0.3, -0.25) is 33.6 Å². The standard InChI is InChI=1S/C28H31ClFN3O2.C27H34FN5O2.C26H29ClN4O2.C25H28ClN3O2S/c1-16(34)10-18-6-5-7-19(11-18)27(35)33-25-14-21(23(29)15-31-25)20-12-22-26(24(30)13-20)32-17(2)28(22)8-3-4-9-28;1-16(2)33-15-30-26-22(28)11-20(12-23(26)33)21-13-24(29-14-17(21)3)31-27(35)19-8-6-7-18(9-19)10-25(34)32(4)5;1-15-8-9-31-25(15)21-12-18(6-7-23(21)30-31)20-13-24(28-14-22(20)27)29-26(33)19-5-3-4-17(11-19)10-16(2)32;1-14(2)24-20-11-17(7-8-22(20)29-32-24)19-12-23(27-13-21(19)26)28-25(31)18-6-4-5-16(10-18)9-15(3)30/h12-15,18-19H,3-11H2,1-2H3,(H,31,33,35);11-16,18-19H,6-10H2,1-5H3,(H,29,31,35);6-7,12-15,17,19H,3-5,8-11H2,1-2H3,(H,28,29,33);7-8,11-14,16,18H,4-6,9-10H2,1-3H3,(H,27,28,31)/t18-,19-;18-,19+;15?,17-,19-;16-,18-/m0100/s1. The van der Waals surface area contributed by atoms with Crippen LogP contribution >= 0.6 is 46.3 Å². The molecule has 18 rings (SSSR count). The van der Waals surface area contributed by atoms with E-state index >= 15 is 4.39 Å². The number of aliphatic imine (C=N–C) groups is 1. The Hall–Kier alpha value is -10.9. The quantitative estimate of drug-likeness (QED) is 0.0490. The van der Waals surface area contributed by atoms with Crippen LogP contribution in [-0.2, 0) is 50.3 Å². The zero-order valence-corrected chi connectivity index (χ0v) is 82.3. The number of halogens is 5. The number of rotatable bonds is 22. The van der Waals surface area contributed by atoms with Crippen molar-refractivity contribution in [3.05, 3.63) is 164 Å². The highest BCUT2D eigenvalue weighted by atomic mass is 35.5. The van der Waals surface area contributed by atoms with Crippen LogP contribution in [0.25, 0.3) is 77.3 Å². The van der Waals surface area contributed by atoms with Crippen molar-refractivity contribution in [3.63, 3.8) is 0 Å². The van der Waals surface area contributed by atoms with E-state index in [-0.39, 0.29) is 105 Å². The van der Waals surface area contributed by atoms with E-state index in [1.54, 1.807) is 76.8 Å². The van der Waals surface area contributed by atoms with E-state index in [2.05, 4.69) is 93.1 Å². The summed E-state index contributed by atoms with van der Waals surface area (Å²) in [6.07, 6.45) is 29.5. The number of hydrogen-bond donors (Lipinski definition) is 4. The first-order chi connectivity index (χ1) is 64.6. The Labute approximate surface area is 807 Å². The van der Waals surface area contributed by atoms with Crippen molar-refractivity contribution >= 4 is 161 Å². The third-order valence-electron chi connectivity index (χ3n) is 28.5. The van der Waals surface area contributed by atoms with E-state index in [4.69, 9.17) is 39.9 Å². The second-order valence-electron chi connectivity index (χ2n) is 39.5. The van der Waals surface area contributed by atoms with E-state index in [0.717, 1.165) is 201 Å². The molecular weight excluding hydrogens is 1790 g/mol.